The number of piperidine rings is 1. The fourth-order valence-corrected chi connectivity index (χ4v) is 3.20. The highest BCUT2D eigenvalue weighted by molar-refractivity contribution is 5.81. The van der Waals surface area contributed by atoms with Crippen LogP contribution in [0.4, 0.5) is 13.2 Å². The molecule has 1 heterocycles. The third-order valence-corrected chi connectivity index (χ3v) is 4.93. The van der Waals surface area contributed by atoms with Gasteiger partial charge in [0.2, 0.25) is 5.91 Å². The first-order chi connectivity index (χ1) is 13.2. The van der Waals surface area contributed by atoms with Gasteiger partial charge in [-0.05, 0) is 37.3 Å². The van der Waals surface area contributed by atoms with Crippen molar-refractivity contribution in [2.75, 3.05) is 26.7 Å². The third-order valence-electron chi connectivity index (χ3n) is 4.93. The Morgan fingerprint density at radius 1 is 1.39 bits per heavy atom. The lowest BCUT2D eigenvalue weighted by atomic mass is 9.96. The molecule has 1 amide bonds. The summed E-state index contributed by atoms with van der Waals surface area (Å²) in [6.45, 7) is 5.71. The van der Waals surface area contributed by atoms with Crippen LogP contribution in [0, 0.1) is 0 Å². The number of nitrogens with zero attached hydrogens (tertiary/aromatic N) is 2. The molecular formula is C20H29F3N4O. The molecule has 1 aromatic carbocycles. The summed E-state index contributed by atoms with van der Waals surface area (Å²) in [6, 6.07) is 5.62. The fraction of sp³-hybridized carbons (Fsp3) is 0.600. The standard InChI is InChI=1S/C20H29F3N4O/c1-4-24-19(26-17-8-9-18(28)27(3)13-17)25-11-10-14(2)15-6-5-7-16(12-15)20(21,22)23/h5-7,12,14,17H,4,8-11,13H2,1-3H3,(H2,24,25,26). The van der Waals surface area contributed by atoms with E-state index in [1.54, 1.807) is 18.0 Å². The summed E-state index contributed by atoms with van der Waals surface area (Å²) in [4.78, 5) is 17.9. The molecule has 1 aliphatic heterocycles. The molecule has 1 fully saturated rings. The molecule has 1 saturated heterocycles. The number of rotatable bonds is 6. The summed E-state index contributed by atoms with van der Waals surface area (Å²) in [5.41, 5.74) is 0.0433. The minimum absolute atomic E-state index is 0.0349. The zero-order chi connectivity index (χ0) is 20.7. The first kappa shape index (κ1) is 22.0. The van der Waals surface area contributed by atoms with Gasteiger partial charge in [-0.1, -0.05) is 25.1 Å². The van der Waals surface area contributed by atoms with Crippen molar-refractivity contribution < 1.29 is 18.0 Å². The summed E-state index contributed by atoms with van der Waals surface area (Å²) >= 11 is 0. The second-order valence-electron chi connectivity index (χ2n) is 7.23. The molecular weight excluding hydrogens is 369 g/mol. The molecule has 8 heteroatoms. The molecule has 0 bridgehead atoms. The maximum Gasteiger partial charge on any atom is 0.416 e. The predicted molar refractivity (Wildman–Crippen MR) is 104 cm³/mol. The van der Waals surface area contributed by atoms with Gasteiger partial charge in [0.05, 0.1) is 5.56 Å². The zero-order valence-corrected chi connectivity index (χ0v) is 16.6. The Morgan fingerprint density at radius 3 is 2.79 bits per heavy atom. The number of nitrogens with one attached hydrogen (secondary N) is 2. The van der Waals surface area contributed by atoms with Crippen molar-refractivity contribution in [1.82, 2.24) is 15.5 Å². The summed E-state index contributed by atoms with van der Waals surface area (Å²) in [6.07, 6.45) is -2.42. The van der Waals surface area contributed by atoms with E-state index in [-0.39, 0.29) is 17.9 Å². The van der Waals surface area contributed by atoms with E-state index in [0.717, 1.165) is 12.5 Å². The number of likely N-dealkylation sites (N-methyl/N-ethyl adjacent to an activating group) is 1. The monoisotopic (exact) mass is 398 g/mol. The van der Waals surface area contributed by atoms with Gasteiger partial charge in [0.15, 0.2) is 5.96 Å². The van der Waals surface area contributed by atoms with Crippen LogP contribution in [0.3, 0.4) is 0 Å². The van der Waals surface area contributed by atoms with Crippen molar-refractivity contribution >= 4 is 11.9 Å². The summed E-state index contributed by atoms with van der Waals surface area (Å²) in [7, 11) is 1.79. The lowest BCUT2D eigenvalue weighted by Crippen LogP contribution is -2.51. The van der Waals surface area contributed by atoms with Gasteiger partial charge in [0, 0.05) is 39.1 Å². The molecule has 0 aliphatic carbocycles. The highest BCUT2D eigenvalue weighted by Crippen LogP contribution is 2.31. The second-order valence-corrected chi connectivity index (χ2v) is 7.23. The summed E-state index contributed by atoms with van der Waals surface area (Å²) < 4.78 is 38.7. The van der Waals surface area contributed by atoms with Crippen LogP contribution in [-0.2, 0) is 11.0 Å². The van der Waals surface area contributed by atoms with E-state index in [9.17, 15) is 18.0 Å². The zero-order valence-electron chi connectivity index (χ0n) is 16.6. The average Bonchev–Trinajstić information content (AvgIpc) is 2.64. The van der Waals surface area contributed by atoms with Gasteiger partial charge >= 0.3 is 6.18 Å². The predicted octanol–water partition coefficient (Wildman–Crippen LogP) is 3.37. The van der Waals surface area contributed by atoms with Crippen LogP contribution < -0.4 is 10.6 Å². The molecule has 0 aromatic heterocycles. The Bertz CT molecular complexity index is 690. The van der Waals surface area contributed by atoms with Crippen molar-refractivity contribution in [2.24, 2.45) is 4.99 Å². The number of benzene rings is 1. The Balaban J connectivity index is 1.93. The number of likely N-dealkylation sites (tertiary alicyclic amines) is 1. The number of carbonyl (C=O) groups excluding carboxylic acids is 1. The van der Waals surface area contributed by atoms with Gasteiger partial charge in [-0.15, -0.1) is 0 Å². The van der Waals surface area contributed by atoms with Crippen LogP contribution in [0.15, 0.2) is 29.3 Å². The van der Waals surface area contributed by atoms with Crippen molar-refractivity contribution in [3.8, 4) is 0 Å². The number of hydrogen-bond donors (Lipinski definition) is 2. The van der Waals surface area contributed by atoms with Crippen molar-refractivity contribution in [3.05, 3.63) is 35.4 Å². The maximum atomic E-state index is 12.9. The van der Waals surface area contributed by atoms with E-state index in [2.05, 4.69) is 15.6 Å². The molecule has 28 heavy (non-hydrogen) atoms. The summed E-state index contributed by atoms with van der Waals surface area (Å²) in [5.74, 6) is 0.786. The molecule has 1 aliphatic rings. The van der Waals surface area contributed by atoms with Crippen LogP contribution in [0.5, 0.6) is 0 Å². The number of alkyl halides is 3. The minimum Gasteiger partial charge on any atom is -0.357 e. The van der Waals surface area contributed by atoms with Crippen molar-refractivity contribution in [2.45, 2.75) is 51.2 Å². The quantitative estimate of drug-likeness (QED) is 0.571. The van der Waals surface area contributed by atoms with Gasteiger partial charge in [0.1, 0.15) is 0 Å². The highest BCUT2D eigenvalue weighted by atomic mass is 19.4. The molecule has 0 saturated carbocycles. The maximum absolute atomic E-state index is 12.9. The van der Waals surface area contributed by atoms with Gasteiger partial charge in [0.25, 0.3) is 0 Å². The van der Waals surface area contributed by atoms with E-state index in [4.69, 9.17) is 0 Å². The first-order valence-electron chi connectivity index (χ1n) is 9.66. The Kier molecular flexibility index (Phi) is 7.71. The van der Waals surface area contributed by atoms with Crippen LogP contribution in [0.2, 0.25) is 0 Å². The third kappa shape index (κ3) is 6.42. The molecule has 2 N–H and O–H groups in total. The Morgan fingerprint density at radius 2 is 2.14 bits per heavy atom. The van der Waals surface area contributed by atoms with Crippen LogP contribution >= 0.6 is 0 Å². The van der Waals surface area contributed by atoms with E-state index in [1.165, 1.54) is 12.1 Å². The summed E-state index contributed by atoms with van der Waals surface area (Å²) in [5, 5.41) is 6.53. The normalized spacial score (nSPS) is 19.5. The highest BCUT2D eigenvalue weighted by Gasteiger charge is 2.30. The van der Waals surface area contributed by atoms with Gasteiger partial charge < -0.3 is 15.5 Å². The van der Waals surface area contributed by atoms with E-state index in [0.29, 0.717) is 44.0 Å². The van der Waals surface area contributed by atoms with E-state index >= 15 is 0 Å². The topological polar surface area (TPSA) is 56.7 Å². The molecule has 0 spiro atoms. The van der Waals surface area contributed by atoms with Crippen LogP contribution in [0.25, 0.3) is 0 Å². The van der Waals surface area contributed by atoms with Gasteiger partial charge in [-0.25, -0.2) is 0 Å². The number of hydrogen-bond acceptors (Lipinski definition) is 2. The van der Waals surface area contributed by atoms with E-state index < -0.39 is 11.7 Å². The minimum atomic E-state index is -4.33. The second kappa shape index (κ2) is 9.80. The molecule has 2 atom stereocenters. The van der Waals surface area contributed by atoms with Gasteiger partial charge in [-0.2, -0.15) is 13.2 Å². The van der Waals surface area contributed by atoms with E-state index in [1.807, 2.05) is 13.8 Å². The van der Waals surface area contributed by atoms with Crippen molar-refractivity contribution in [3.63, 3.8) is 0 Å². The van der Waals surface area contributed by atoms with Gasteiger partial charge in [-0.3, -0.25) is 9.79 Å². The largest absolute Gasteiger partial charge is 0.416 e. The number of halogens is 3. The molecule has 2 unspecified atom stereocenters. The number of amides is 1. The number of guanidine groups is 1. The first-order valence-corrected chi connectivity index (χ1v) is 9.66. The SMILES string of the molecule is CCNC(=NCCC(C)c1cccc(C(F)(F)F)c1)NC1CCC(=O)N(C)C1. The molecule has 2 rings (SSSR count). The number of aliphatic imine (C=N–C) groups is 1. The lowest BCUT2D eigenvalue weighted by molar-refractivity contribution is -0.137. The molecule has 5 nitrogen and oxygen atoms in total. The molecule has 0 radical (unpaired) electrons. The molecule has 1 aromatic rings. The van der Waals surface area contributed by atoms with Crippen molar-refractivity contribution in [1.29, 1.82) is 0 Å². The molecule has 156 valence electrons. The van der Waals surface area contributed by atoms with Crippen LogP contribution in [-0.4, -0.2) is 49.5 Å². The Labute approximate surface area is 164 Å². The fourth-order valence-electron chi connectivity index (χ4n) is 3.20. The smallest absolute Gasteiger partial charge is 0.357 e. The number of carbonyl (C=O) groups is 1. The lowest BCUT2D eigenvalue weighted by Gasteiger charge is -2.31. The Hall–Kier alpha value is -2.25. The van der Waals surface area contributed by atoms with Crippen LogP contribution in [0.1, 0.15) is 50.2 Å². The average molecular weight is 398 g/mol.